The zero-order valence-electron chi connectivity index (χ0n) is 11.9. The molecule has 0 unspecified atom stereocenters. The van der Waals surface area contributed by atoms with Gasteiger partial charge in [-0.2, -0.15) is 11.8 Å². The molecule has 1 aromatic heterocycles. The highest BCUT2D eigenvalue weighted by molar-refractivity contribution is 7.99. The van der Waals surface area contributed by atoms with Gasteiger partial charge in [0.05, 0.1) is 5.02 Å². The van der Waals surface area contributed by atoms with Crippen molar-refractivity contribution >= 4 is 29.3 Å². The standard InChI is InChI=1S/C15H17ClN2O3S/c16-12-5-2-1-4-11(12)14-13(18-10-21-14)15(20)17-6-9-22-8-3-7-19/h1-2,4-5,10,19H,3,6-9H2,(H,17,20). The lowest BCUT2D eigenvalue weighted by Gasteiger charge is -2.05. The van der Waals surface area contributed by atoms with Crippen molar-refractivity contribution in [3.05, 3.63) is 41.4 Å². The van der Waals surface area contributed by atoms with Crippen LogP contribution in [0.5, 0.6) is 0 Å². The fourth-order valence-corrected chi connectivity index (χ4v) is 2.84. The summed E-state index contributed by atoms with van der Waals surface area (Å²) < 4.78 is 5.32. The van der Waals surface area contributed by atoms with Gasteiger partial charge in [-0.25, -0.2) is 4.98 Å². The van der Waals surface area contributed by atoms with Crippen molar-refractivity contribution in [1.82, 2.24) is 10.3 Å². The van der Waals surface area contributed by atoms with Crippen LogP contribution in [0.2, 0.25) is 5.02 Å². The molecule has 0 bridgehead atoms. The molecule has 0 aliphatic carbocycles. The third kappa shape index (κ3) is 4.50. The summed E-state index contributed by atoms with van der Waals surface area (Å²) in [4.78, 5) is 16.2. The Morgan fingerprint density at radius 1 is 1.36 bits per heavy atom. The molecule has 0 aliphatic rings. The van der Waals surface area contributed by atoms with E-state index >= 15 is 0 Å². The van der Waals surface area contributed by atoms with Gasteiger partial charge >= 0.3 is 0 Å². The zero-order valence-corrected chi connectivity index (χ0v) is 13.5. The summed E-state index contributed by atoms with van der Waals surface area (Å²) in [5.74, 6) is 1.74. The highest BCUT2D eigenvalue weighted by Gasteiger charge is 2.19. The molecule has 0 atom stereocenters. The smallest absolute Gasteiger partial charge is 0.273 e. The quantitative estimate of drug-likeness (QED) is 0.723. The number of hydrogen-bond donors (Lipinski definition) is 2. The first-order valence-electron chi connectivity index (χ1n) is 6.89. The van der Waals surface area contributed by atoms with Crippen LogP contribution < -0.4 is 5.32 Å². The van der Waals surface area contributed by atoms with Gasteiger partial charge < -0.3 is 14.8 Å². The largest absolute Gasteiger partial charge is 0.443 e. The molecule has 1 aromatic carbocycles. The van der Waals surface area contributed by atoms with Crippen LogP contribution in [0.1, 0.15) is 16.9 Å². The second kappa shape index (κ2) is 8.82. The van der Waals surface area contributed by atoms with Gasteiger partial charge in [-0.05, 0) is 24.3 Å². The van der Waals surface area contributed by atoms with E-state index in [4.69, 9.17) is 21.1 Å². The van der Waals surface area contributed by atoms with E-state index in [0.29, 0.717) is 22.9 Å². The first-order valence-corrected chi connectivity index (χ1v) is 8.42. The number of aliphatic hydroxyl groups is 1. The molecule has 2 aromatic rings. The van der Waals surface area contributed by atoms with E-state index in [1.165, 1.54) is 6.39 Å². The Balaban J connectivity index is 1.95. The van der Waals surface area contributed by atoms with Crippen LogP contribution in [0.15, 0.2) is 35.1 Å². The summed E-state index contributed by atoms with van der Waals surface area (Å²) in [6.07, 6.45) is 2.00. The number of carbonyl (C=O) groups excluding carboxylic acids is 1. The van der Waals surface area contributed by atoms with Gasteiger partial charge in [0.25, 0.3) is 5.91 Å². The van der Waals surface area contributed by atoms with Crippen molar-refractivity contribution < 1.29 is 14.3 Å². The van der Waals surface area contributed by atoms with E-state index in [9.17, 15) is 4.79 Å². The van der Waals surface area contributed by atoms with Gasteiger partial charge in [0.1, 0.15) is 0 Å². The lowest BCUT2D eigenvalue weighted by molar-refractivity contribution is 0.0952. The number of amides is 1. The number of benzene rings is 1. The molecular weight excluding hydrogens is 324 g/mol. The monoisotopic (exact) mass is 340 g/mol. The summed E-state index contributed by atoms with van der Waals surface area (Å²) in [6.45, 7) is 0.725. The van der Waals surface area contributed by atoms with Gasteiger partial charge in [-0.1, -0.05) is 23.7 Å². The Bertz CT molecular complexity index is 618. The minimum absolute atomic E-state index is 0.194. The third-order valence-electron chi connectivity index (χ3n) is 2.88. The molecule has 0 spiro atoms. The minimum Gasteiger partial charge on any atom is -0.443 e. The van der Waals surface area contributed by atoms with Gasteiger partial charge in [-0.15, -0.1) is 0 Å². The molecule has 0 saturated heterocycles. The number of aliphatic hydroxyl groups excluding tert-OH is 1. The number of halogens is 1. The molecule has 0 aliphatic heterocycles. The second-order valence-corrected chi connectivity index (χ2v) is 6.09. The Morgan fingerprint density at radius 3 is 2.95 bits per heavy atom. The van der Waals surface area contributed by atoms with Crippen LogP contribution >= 0.6 is 23.4 Å². The molecular formula is C15H17ClN2O3S. The van der Waals surface area contributed by atoms with Crippen LogP contribution in [0.4, 0.5) is 0 Å². The van der Waals surface area contributed by atoms with Crippen LogP contribution in [0.25, 0.3) is 11.3 Å². The van der Waals surface area contributed by atoms with Gasteiger partial charge in [0, 0.05) is 24.5 Å². The van der Waals surface area contributed by atoms with Crippen molar-refractivity contribution in [2.45, 2.75) is 6.42 Å². The summed E-state index contributed by atoms with van der Waals surface area (Å²) in [5, 5.41) is 12.0. The number of aromatic nitrogens is 1. The molecule has 0 fully saturated rings. The average Bonchev–Trinajstić information content (AvgIpc) is 3.00. The van der Waals surface area contributed by atoms with Crippen molar-refractivity contribution in [3.63, 3.8) is 0 Å². The summed E-state index contributed by atoms with van der Waals surface area (Å²) in [5.41, 5.74) is 0.873. The highest BCUT2D eigenvalue weighted by Crippen LogP contribution is 2.29. The van der Waals surface area contributed by atoms with Crippen molar-refractivity contribution in [2.75, 3.05) is 24.7 Å². The number of nitrogens with zero attached hydrogens (tertiary/aromatic N) is 1. The summed E-state index contributed by atoms with van der Waals surface area (Å²) in [7, 11) is 0. The molecule has 7 heteroatoms. The minimum atomic E-state index is -0.286. The Kier molecular flexibility index (Phi) is 6.76. The zero-order chi connectivity index (χ0) is 15.8. The lowest BCUT2D eigenvalue weighted by Crippen LogP contribution is -2.26. The molecule has 1 heterocycles. The lowest BCUT2D eigenvalue weighted by atomic mass is 10.1. The Labute approximate surface area is 138 Å². The fourth-order valence-electron chi connectivity index (χ4n) is 1.83. The van der Waals surface area contributed by atoms with E-state index < -0.39 is 0 Å². The summed E-state index contributed by atoms with van der Waals surface area (Å²) in [6, 6.07) is 7.15. The second-order valence-electron chi connectivity index (χ2n) is 4.46. The van der Waals surface area contributed by atoms with E-state index in [-0.39, 0.29) is 18.2 Å². The first kappa shape index (κ1) is 16.9. The van der Waals surface area contributed by atoms with E-state index in [1.54, 1.807) is 23.9 Å². The summed E-state index contributed by atoms with van der Waals surface area (Å²) >= 11 is 7.80. The van der Waals surface area contributed by atoms with Gasteiger partial charge in [0.2, 0.25) is 0 Å². The van der Waals surface area contributed by atoms with Crippen molar-refractivity contribution in [3.8, 4) is 11.3 Å². The predicted octanol–water partition coefficient (Wildman–Crippen LogP) is 2.84. The number of hydrogen-bond acceptors (Lipinski definition) is 5. The van der Waals surface area contributed by atoms with Crippen molar-refractivity contribution in [1.29, 1.82) is 0 Å². The maximum absolute atomic E-state index is 12.2. The van der Waals surface area contributed by atoms with Crippen LogP contribution in [0, 0.1) is 0 Å². The number of oxazole rings is 1. The molecule has 0 radical (unpaired) electrons. The molecule has 2 N–H and O–H groups in total. The fraction of sp³-hybridized carbons (Fsp3) is 0.333. The SMILES string of the molecule is O=C(NCCSCCCO)c1ncoc1-c1ccccc1Cl. The molecule has 22 heavy (non-hydrogen) atoms. The van der Waals surface area contributed by atoms with E-state index in [0.717, 1.165) is 17.9 Å². The number of rotatable bonds is 8. The Morgan fingerprint density at radius 2 is 2.18 bits per heavy atom. The van der Waals surface area contributed by atoms with Crippen LogP contribution in [-0.2, 0) is 0 Å². The van der Waals surface area contributed by atoms with Crippen LogP contribution in [0.3, 0.4) is 0 Å². The molecule has 0 saturated carbocycles. The molecule has 118 valence electrons. The highest BCUT2D eigenvalue weighted by atomic mass is 35.5. The van der Waals surface area contributed by atoms with Gasteiger partial charge in [0.15, 0.2) is 17.8 Å². The van der Waals surface area contributed by atoms with Crippen LogP contribution in [-0.4, -0.2) is 40.7 Å². The predicted molar refractivity (Wildman–Crippen MR) is 88.3 cm³/mol. The van der Waals surface area contributed by atoms with E-state index in [1.807, 2.05) is 12.1 Å². The third-order valence-corrected chi connectivity index (χ3v) is 4.28. The number of nitrogens with one attached hydrogen (secondary N) is 1. The first-order chi connectivity index (χ1) is 10.7. The maximum atomic E-state index is 12.2. The topological polar surface area (TPSA) is 75.4 Å². The average molecular weight is 341 g/mol. The molecule has 5 nitrogen and oxygen atoms in total. The van der Waals surface area contributed by atoms with E-state index in [2.05, 4.69) is 10.3 Å². The van der Waals surface area contributed by atoms with Gasteiger partial charge in [-0.3, -0.25) is 4.79 Å². The number of carbonyl (C=O) groups is 1. The van der Waals surface area contributed by atoms with Crippen molar-refractivity contribution in [2.24, 2.45) is 0 Å². The maximum Gasteiger partial charge on any atom is 0.273 e. The normalized spacial score (nSPS) is 10.6. The molecule has 1 amide bonds. The molecule has 2 rings (SSSR count). The Hall–Kier alpha value is -1.50. The number of thioether (sulfide) groups is 1.